The van der Waals surface area contributed by atoms with E-state index in [0.29, 0.717) is 26.1 Å². The molecule has 1 N–H and O–H groups in total. The van der Waals surface area contributed by atoms with E-state index in [4.69, 9.17) is 0 Å². The van der Waals surface area contributed by atoms with Crippen LogP contribution in [0.4, 0.5) is 0 Å². The SMILES string of the molecule is Cc1ccc(CN2CC(C(=O)N(C)CC3CCCC3O)CC2=O)cc1. The van der Waals surface area contributed by atoms with Gasteiger partial charge in [0.05, 0.1) is 12.0 Å². The number of aliphatic hydroxyl groups is 1. The Labute approximate surface area is 149 Å². The van der Waals surface area contributed by atoms with Crippen molar-refractivity contribution >= 4 is 11.8 Å². The molecule has 2 amide bonds. The molecule has 5 nitrogen and oxygen atoms in total. The van der Waals surface area contributed by atoms with Gasteiger partial charge in [-0.25, -0.2) is 0 Å². The fourth-order valence-corrected chi connectivity index (χ4v) is 3.99. The van der Waals surface area contributed by atoms with Crippen molar-refractivity contribution in [3.63, 3.8) is 0 Å². The van der Waals surface area contributed by atoms with Gasteiger partial charge in [-0.15, -0.1) is 0 Å². The van der Waals surface area contributed by atoms with Crippen molar-refractivity contribution in [2.75, 3.05) is 20.1 Å². The topological polar surface area (TPSA) is 60.9 Å². The van der Waals surface area contributed by atoms with E-state index in [9.17, 15) is 14.7 Å². The second kappa shape index (κ2) is 7.56. The van der Waals surface area contributed by atoms with Crippen molar-refractivity contribution in [3.05, 3.63) is 35.4 Å². The highest BCUT2D eigenvalue weighted by molar-refractivity contribution is 5.89. The summed E-state index contributed by atoms with van der Waals surface area (Å²) >= 11 is 0. The van der Waals surface area contributed by atoms with Crippen molar-refractivity contribution in [1.29, 1.82) is 0 Å². The zero-order chi connectivity index (χ0) is 18.0. The van der Waals surface area contributed by atoms with Gasteiger partial charge < -0.3 is 14.9 Å². The lowest BCUT2D eigenvalue weighted by Gasteiger charge is -2.25. The number of rotatable bonds is 5. The first kappa shape index (κ1) is 17.9. The molecule has 0 aromatic heterocycles. The maximum Gasteiger partial charge on any atom is 0.227 e. The first-order valence-corrected chi connectivity index (χ1v) is 9.20. The Kier molecular flexibility index (Phi) is 5.42. The Morgan fingerprint density at radius 3 is 2.64 bits per heavy atom. The van der Waals surface area contributed by atoms with Gasteiger partial charge in [0.1, 0.15) is 0 Å². The molecule has 3 unspecified atom stereocenters. The van der Waals surface area contributed by atoms with Crippen LogP contribution in [0.25, 0.3) is 0 Å². The monoisotopic (exact) mass is 344 g/mol. The number of carbonyl (C=O) groups excluding carboxylic acids is 2. The minimum atomic E-state index is -0.293. The molecule has 2 fully saturated rings. The van der Waals surface area contributed by atoms with Crippen LogP contribution in [-0.4, -0.2) is 53.0 Å². The number of hydrogen-bond donors (Lipinski definition) is 1. The van der Waals surface area contributed by atoms with E-state index in [0.717, 1.165) is 24.8 Å². The fraction of sp³-hybridized carbons (Fsp3) is 0.600. The molecule has 1 saturated heterocycles. The summed E-state index contributed by atoms with van der Waals surface area (Å²) in [5.74, 6) is -0.0108. The molecule has 136 valence electrons. The second-order valence-corrected chi connectivity index (χ2v) is 7.64. The van der Waals surface area contributed by atoms with E-state index in [1.165, 1.54) is 5.56 Å². The number of aliphatic hydroxyl groups excluding tert-OH is 1. The highest BCUT2D eigenvalue weighted by Crippen LogP contribution is 2.27. The summed E-state index contributed by atoms with van der Waals surface area (Å²) in [6.07, 6.45) is 2.84. The fourth-order valence-electron chi connectivity index (χ4n) is 3.99. The molecule has 3 rings (SSSR count). The standard InChI is InChI=1S/C20H28N2O3/c1-14-6-8-15(9-7-14)11-22-13-17(10-19(22)24)20(25)21(2)12-16-4-3-5-18(16)23/h6-9,16-18,23H,3-5,10-13H2,1-2H3. The molecule has 3 atom stereocenters. The van der Waals surface area contributed by atoms with Gasteiger partial charge >= 0.3 is 0 Å². The molecule has 25 heavy (non-hydrogen) atoms. The number of nitrogens with zero attached hydrogens (tertiary/aromatic N) is 2. The van der Waals surface area contributed by atoms with Gasteiger partial charge in [0.2, 0.25) is 11.8 Å². The maximum absolute atomic E-state index is 12.7. The summed E-state index contributed by atoms with van der Waals surface area (Å²) in [6.45, 7) is 3.68. The predicted octanol–water partition coefficient (Wildman–Crippen LogP) is 1.96. The number of likely N-dealkylation sites (tertiary alicyclic amines) is 1. The summed E-state index contributed by atoms with van der Waals surface area (Å²) in [4.78, 5) is 28.5. The van der Waals surface area contributed by atoms with E-state index in [-0.39, 0.29) is 29.8 Å². The van der Waals surface area contributed by atoms with Crippen molar-refractivity contribution in [1.82, 2.24) is 9.80 Å². The van der Waals surface area contributed by atoms with Crippen LogP contribution in [0.15, 0.2) is 24.3 Å². The van der Waals surface area contributed by atoms with Crippen LogP contribution in [-0.2, 0) is 16.1 Å². The zero-order valence-corrected chi connectivity index (χ0v) is 15.1. The van der Waals surface area contributed by atoms with E-state index in [1.807, 2.05) is 31.2 Å². The lowest BCUT2D eigenvalue weighted by atomic mass is 10.0. The number of benzene rings is 1. The Hall–Kier alpha value is -1.88. The van der Waals surface area contributed by atoms with E-state index < -0.39 is 0 Å². The zero-order valence-electron chi connectivity index (χ0n) is 15.1. The largest absolute Gasteiger partial charge is 0.393 e. The molecule has 1 aromatic rings. The molecule has 0 spiro atoms. The van der Waals surface area contributed by atoms with Crippen LogP contribution >= 0.6 is 0 Å². The number of amides is 2. The number of hydrogen-bond acceptors (Lipinski definition) is 3. The lowest BCUT2D eigenvalue weighted by molar-refractivity contribution is -0.135. The molecule has 1 saturated carbocycles. The first-order chi connectivity index (χ1) is 11.9. The normalized spacial score (nSPS) is 26.3. The van der Waals surface area contributed by atoms with Crippen LogP contribution in [0, 0.1) is 18.8 Å². The van der Waals surface area contributed by atoms with Crippen LogP contribution in [0.5, 0.6) is 0 Å². The molecule has 5 heteroatoms. The van der Waals surface area contributed by atoms with E-state index in [2.05, 4.69) is 0 Å². The summed E-state index contributed by atoms with van der Waals surface area (Å²) in [5, 5.41) is 9.95. The van der Waals surface area contributed by atoms with Crippen molar-refractivity contribution in [2.45, 2.75) is 45.3 Å². The quantitative estimate of drug-likeness (QED) is 0.888. The third-order valence-corrected chi connectivity index (χ3v) is 5.56. The van der Waals surface area contributed by atoms with Gasteiger partial charge in [0.15, 0.2) is 0 Å². The van der Waals surface area contributed by atoms with Crippen LogP contribution in [0.2, 0.25) is 0 Å². The molecule has 1 aliphatic carbocycles. The molecular weight excluding hydrogens is 316 g/mol. The molecular formula is C20H28N2O3. The van der Waals surface area contributed by atoms with Crippen LogP contribution in [0.3, 0.4) is 0 Å². The van der Waals surface area contributed by atoms with Gasteiger partial charge in [-0.05, 0) is 25.3 Å². The van der Waals surface area contributed by atoms with Crippen molar-refractivity contribution < 1.29 is 14.7 Å². The first-order valence-electron chi connectivity index (χ1n) is 9.20. The Balaban J connectivity index is 1.55. The molecule has 1 aromatic carbocycles. The van der Waals surface area contributed by atoms with Gasteiger partial charge in [-0.1, -0.05) is 36.2 Å². The van der Waals surface area contributed by atoms with Crippen molar-refractivity contribution in [2.24, 2.45) is 11.8 Å². The smallest absolute Gasteiger partial charge is 0.227 e. The third kappa shape index (κ3) is 4.21. The summed E-state index contributed by atoms with van der Waals surface area (Å²) in [7, 11) is 1.79. The molecule has 1 aliphatic heterocycles. The Bertz CT molecular complexity index is 628. The average molecular weight is 344 g/mol. The van der Waals surface area contributed by atoms with Gasteiger partial charge in [0.25, 0.3) is 0 Å². The van der Waals surface area contributed by atoms with Gasteiger partial charge in [0, 0.05) is 39.0 Å². The summed E-state index contributed by atoms with van der Waals surface area (Å²) < 4.78 is 0. The minimum Gasteiger partial charge on any atom is -0.393 e. The van der Waals surface area contributed by atoms with Gasteiger partial charge in [-0.3, -0.25) is 9.59 Å². The predicted molar refractivity (Wildman–Crippen MR) is 95.7 cm³/mol. The Morgan fingerprint density at radius 1 is 1.28 bits per heavy atom. The lowest BCUT2D eigenvalue weighted by Crippen LogP contribution is -2.39. The van der Waals surface area contributed by atoms with Crippen molar-refractivity contribution in [3.8, 4) is 0 Å². The highest BCUT2D eigenvalue weighted by atomic mass is 16.3. The van der Waals surface area contributed by atoms with E-state index >= 15 is 0 Å². The summed E-state index contributed by atoms with van der Waals surface area (Å²) in [5.41, 5.74) is 2.29. The minimum absolute atomic E-state index is 0.0267. The van der Waals surface area contributed by atoms with Gasteiger partial charge in [-0.2, -0.15) is 0 Å². The molecule has 0 bridgehead atoms. The molecule has 1 heterocycles. The molecule has 2 aliphatic rings. The summed E-state index contributed by atoms with van der Waals surface area (Å²) in [6, 6.07) is 8.15. The maximum atomic E-state index is 12.7. The van der Waals surface area contributed by atoms with E-state index in [1.54, 1.807) is 16.8 Å². The number of carbonyl (C=O) groups is 2. The average Bonchev–Trinajstić information content (AvgIpc) is 3.15. The molecule has 0 radical (unpaired) electrons. The third-order valence-electron chi connectivity index (χ3n) is 5.56. The second-order valence-electron chi connectivity index (χ2n) is 7.64. The van der Waals surface area contributed by atoms with Crippen LogP contribution < -0.4 is 0 Å². The van der Waals surface area contributed by atoms with Crippen LogP contribution in [0.1, 0.15) is 36.8 Å². The number of aryl methyl sites for hydroxylation is 1. The highest BCUT2D eigenvalue weighted by Gasteiger charge is 2.37. The Morgan fingerprint density at radius 2 is 2.00 bits per heavy atom.